The van der Waals surface area contributed by atoms with E-state index in [0.717, 1.165) is 42.8 Å². The molecular formula is C19H21N5O. The van der Waals surface area contributed by atoms with E-state index in [9.17, 15) is 5.11 Å². The molecule has 0 aromatic carbocycles. The number of aryl methyl sites for hydroxylation is 1. The van der Waals surface area contributed by atoms with Gasteiger partial charge in [0, 0.05) is 30.5 Å². The molecule has 0 fully saturated rings. The van der Waals surface area contributed by atoms with Crippen LogP contribution in [0.4, 0.5) is 0 Å². The summed E-state index contributed by atoms with van der Waals surface area (Å²) < 4.78 is 1.55. The molecule has 0 bridgehead atoms. The van der Waals surface area contributed by atoms with Gasteiger partial charge in [0.2, 0.25) is 5.88 Å². The first-order chi connectivity index (χ1) is 12.2. The maximum Gasteiger partial charge on any atom is 0.219 e. The smallest absolute Gasteiger partial charge is 0.219 e. The minimum atomic E-state index is 0.213. The van der Waals surface area contributed by atoms with Crippen LogP contribution in [0.5, 0.6) is 5.88 Å². The van der Waals surface area contributed by atoms with Gasteiger partial charge < -0.3 is 5.11 Å². The average molecular weight is 335 g/mol. The van der Waals surface area contributed by atoms with Crippen molar-refractivity contribution >= 4 is 0 Å². The fourth-order valence-corrected chi connectivity index (χ4v) is 3.43. The third-order valence-corrected chi connectivity index (χ3v) is 4.82. The van der Waals surface area contributed by atoms with Crippen molar-refractivity contribution in [3.63, 3.8) is 0 Å². The van der Waals surface area contributed by atoms with Crippen molar-refractivity contribution in [3.05, 3.63) is 65.7 Å². The molecule has 1 aliphatic carbocycles. The van der Waals surface area contributed by atoms with Gasteiger partial charge in [0.25, 0.3) is 0 Å². The zero-order chi connectivity index (χ0) is 17.2. The van der Waals surface area contributed by atoms with Gasteiger partial charge in [-0.1, -0.05) is 12.1 Å². The lowest BCUT2D eigenvalue weighted by Crippen LogP contribution is -2.36. The number of likely N-dealkylation sites (N-methyl/N-ethyl adjacent to an activating group) is 1. The van der Waals surface area contributed by atoms with E-state index in [0.29, 0.717) is 11.9 Å². The van der Waals surface area contributed by atoms with E-state index < -0.39 is 0 Å². The van der Waals surface area contributed by atoms with Crippen LogP contribution in [0.15, 0.2) is 48.8 Å². The molecule has 25 heavy (non-hydrogen) atoms. The van der Waals surface area contributed by atoms with Crippen molar-refractivity contribution in [1.82, 2.24) is 24.6 Å². The maximum absolute atomic E-state index is 10.6. The van der Waals surface area contributed by atoms with E-state index in [2.05, 4.69) is 27.0 Å². The number of pyridine rings is 2. The Morgan fingerprint density at radius 3 is 2.68 bits per heavy atom. The molecule has 0 aliphatic heterocycles. The first-order valence-corrected chi connectivity index (χ1v) is 8.53. The van der Waals surface area contributed by atoms with Crippen molar-refractivity contribution in [2.24, 2.45) is 0 Å². The summed E-state index contributed by atoms with van der Waals surface area (Å²) in [5.41, 5.74) is 2.98. The lowest BCUT2D eigenvalue weighted by Gasteiger charge is -2.30. The van der Waals surface area contributed by atoms with Gasteiger partial charge in [-0.3, -0.25) is 9.88 Å². The molecular weight excluding hydrogens is 314 g/mol. The highest BCUT2D eigenvalue weighted by Crippen LogP contribution is 2.32. The minimum Gasteiger partial charge on any atom is -0.493 e. The van der Waals surface area contributed by atoms with Crippen LogP contribution in [0, 0.1) is 0 Å². The Kier molecular flexibility index (Phi) is 4.19. The van der Waals surface area contributed by atoms with Gasteiger partial charge in [0.1, 0.15) is 0 Å². The monoisotopic (exact) mass is 335 g/mol. The normalized spacial score (nSPS) is 16.8. The zero-order valence-electron chi connectivity index (χ0n) is 14.2. The Morgan fingerprint density at radius 2 is 1.96 bits per heavy atom. The molecule has 6 nitrogen and oxygen atoms in total. The highest BCUT2D eigenvalue weighted by molar-refractivity contribution is 5.39. The SMILES string of the molecule is CN(Cc1ccccn1)C1CCc2nn(-c3ccccn3)c(O)c2C1. The molecule has 0 saturated carbocycles. The number of nitrogens with zero attached hydrogens (tertiary/aromatic N) is 5. The lowest BCUT2D eigenvalue weighted by atomic mass is 9.92. The molecule has 1 atom stereocenters. The molecule has 1 unspecified atom stereocenters. The van der Waals surface area contributed by atoms with E-state index >= 15 is 0 Å². The van der Waals surface area contributed by atoms with Crippen LogP contribution in [0.2, 0.25) is 0 Å². The summed E-state index contributed by atoms with van der Waals surface area (Å²) >= 11 is 0. The Morgan fingerprint density at radius 1 is 1.16 bits per heavy atom. The Bertz CT molecular complexity index is 847. The van der Waals surface area contributed by atoms with E-state index in [4.69, 9.17) is 0 Å². The molecule has 128 valence electrons. The molecule has 0 radical (unpaired) electrons. The summed E-state index contributed by atoms with van der Waals surface area (Å²) in [4.78, 5) is 11.0. The van der Waals surface area contributed by atoms with Crippen LogP contribution in [-0.4, -0.2) is 42.8 Å². The molecule has 3 heterocycles. The van der Waals surface area contributed by atoms with E-state index in [-0.39, 0.29) is 5.88 Å². The molecule has 6 heteroatoms. The summed E-state index contributed by atoms with van der Waals surface area (Å²) in [5, 5.41) is 15.2. The standard InChI is InChI=1S/C19H21N5O/c1-23(13-14-6-2-4-10-20-14)15-8-9-17-16(12-15)19(25)24(22-17)18-7-3-5-11-21-18/h2-7,10-11,15,25H,8-9,12-13H2,1H3. The van der Waals surface area contributed by atoms with Crippen LogP contribution < -0.4 is 0 Å². The molecule has 0 amide bonds. The summed E-state index contributed by atoms with van der Waals surface area (Å²) in [6.45, 7) is 0.802. The van der Waals surface area contributed by atoms with Gasteiger partial charge in [0.15, 0.2) is 5.82 Å². The summed E-state index contributed by atoms with van der Waals surface area (Å²) in [6.07, 6.45) is 6.20. The van der Waals surface area contributed by atoms with Gasteiger partial charge in [-0.25, -0.2) is 4.98 Å². The molecule has 0 spiro atoms. The van der Waals surface area contributed by atoms with Gasteiger partial charge in [-0.05, 0) is 50.6 Å². The van der Waals surface area contributed by atoms with Gasteiger partial charge >= 0.3 is 0 Å². The fraction of sp³-hybridized carbons (Fsp3) is 0.316. The number of hydrogen-bond donors (Lipinski definition) is 1. The van der Waals surface area contributed by atoms with Crippen molar-refractivity contribution in [2.75, 3.05) is 7.05 Å². The maximum atomic E-state index is 10.6. The molecule has 1 aliphatic rings. The average Bonchev–Trinajstić information content (AvgIpc) is 2.99. The first-order valence-electron chi connectivity index (χ1n) is 8.53. The second kappa shape index (κ2) is 6.64. The lowest BCUT2D eigenvalue weighted by molar-refractivity contribution is 0.210. The van der Waals surface area contributed by atoms with E-state index in [1.54, 1.807) is 10.9 Å². The topological polar surface area (TPSA) is 67.1 Å². The fourth-order valence-electron chi connectivity index (χ4n) is 3.43. The summed E-state index contributed by atoms with van der Waals surface area (Å²) in [6, 6.07) is 11.9. The van der Waals surface area contributed by atoms with E-state index in [1.807, 2.05) is 42.6 Å². The molecule has 4 rings (SSSR count). The minimum absolute atomic E-state index is 0.213. The number of aromatic nitrogens is 4. The van der Waals surface area contributed by atoms with Crippen LogP contribution in [0.1, 0.15) is 23.4 Å². The number of fused-ring (bicyclic) bond motifs is 1. The zero-order valence-corrected chi connectivity index (χ0v) is 14.2. The molecule has 0 saturated heterocycles. The van der Waals surface area contributed by atoms with Crippen LogP contribution in [0.25, 0.3) is 5.82 Å². The second-order valence-electron chi connectivity index (χ2n) is 6.48. The summed E-state index contributed by atoms with van der Waals surface area (Å²) in [7, 11) is 2.12. The van der Waals surface area contributed by atoms with Crippen LogP contribution in [-0.2, 0) is 19.4 Å². The van der Waals surface area contributed by atoms with Crippen molar-refractivity contribution in [3.8, 4) is 11.7 Å². The van der Waals surface area contributed by atoms with Gasteiger partial charge in [0.05, 0.1) is 11.4 Å². The summed E-state index contributed by atoms with van der Waals surface area (Å²) in [5.74, 6) is 0.859. The number of hydrogen-bond acceptors (Lipinski definition) is 5. The highest BCUT2D eigenvalue weighted by Gasteiger charge is 2.29. The van der Waals surface area contributed by atoms with Crippen LogP contribution in [0.3, 0.4) is 0 Å². The Balaban J connectivity index is 1.54. The Hall–Kier alpha value is -2.73. The van der Waals surface area contributed by atoms with E-state index in [1.165, 1.54) is 0 Å². The quantitative estimate of drug-likeness (QED) is 0.793. The van der Waals surface area contributed by atoms with Crippen molar-refractivity contribution in [2.45, 2.75) is 31.8 Å². The predicted octanol–water partition coefficient (Wildman–Crippen LogP) is 2.36. The van der Waals surface area contributed by atoms with Gasteiger partial charge in [-0.15, -0.1) is 0 Å². The number of aromatic hydroxyl groups is 1. The molecule has 1 N–H and O–H groups in total. The third-order valence-electron chi connectivity index (χ3n) is 4.82. The van der Waals surface area contributed by atoms with Crippen molar-refractivity contribution in [1.29, 1.82) is 0 Å². The second-order valence-corrected chi connectivity index (χ2v) is 6.48. The molecule has 3 aromatic heterocycles. The Labute approximate surface area is 146 Å². The molecule has 3 aromatic rings. The van der Waals surface area contributed by atoms with Crippen LogP contribution >= 0.6 is 0 Å². The van der Waals surface area contributed by atoms with Crippen molar-refractivity contribution < 1.29 is 5.11 Å². The van der Waals surface area contributed by atoms with Gasteiger partial charge in [-0.2, -0.15) is 9.78 Å². The first kappa shape index (κ1) is 15.8. The highest BCUT2D eigenvalue weighted by atomic mass is 16.3. The predicted molar refractivity (Wildman–Crippen MR) is 94.5 cm³/mol. The third kappa shape index (κ3) is 3.13. The largest absolute Gasteiger partial charge is 0.493 e. The number of rotatable bonds is 4.